The summed E-state index contributed by atoms with van der Waals surface area (Å²) in [4.78, 5) is 1.27. The number of hydrogen-bond acceptors (Lipinski definition) is 4. The van der Waals surface area contributed by atoms with Gasteiger partial charge in [-0.05, 0) is 18.4 Å². The zero-order valence-electron chi connectivity index (χ0n) is 9.40. The van der Waals surface area contributed by atoms with Crippen molar-refractivity contribution in [1.29, 1.82) is 5.26 Å². The van der Waals surface area contributed by atoms with E-state index in [2.05, 4.69) is 22.8 Å². The summed E-state index contributed by atoms with van der Waals surface area (Å²) in [5.74, 6) is 0. The average Bonchev–Trinajstić information content (AvgIpc) is 2.74. The molecule has 0 bridgehead atoms. The molecule has 1 aliphatic carbocycles. The lowest BCUT2D eigenvalue weighted by atomic mass is 9.75. The Labute approximate surface area is 100 Å². The molecule has 1 fully saturated rings. The highest BCUT2D eigenvalue weighted by Crippen LogP contribution is 2.34. The van der Waals surface area contributed by atoms with Gasteiger partial charge in [-0.3, -0.25) is 5.32 Å². The van der Waals surface area contributed by atoms with Crippen molar-refractivity contribution < 1.29 is 4.74 Å². The van der Waals surface area contributed by atoms with Gasteiger partial charge >= 0.3 is 0 Å². The van der Waals surface area contributed by atoms with Gasteiger partial charge in [0.25, 0.3) is 0 Å². The van der Waals surface area contributed by atoms with Crippen LogP contribution in [0.3, 0.4) is 0 Å². The van der Waals surface area contributed by atoms with E-state index in [1.165, 1.54) is 4.88 Å². The minimum Gasteiger partial charge on any atom is -0.378 e. The fraction of sp³-hybridized carbons (Fsp3) is 0.583. The smallest absolute Gasteiger partial charge is 0.112 e. The number of ether oxygens (including phenoxy) is 1. The Kier molecular flexibility index (Phi) is 3.59. The molecule has 16 heavy (non-hydrogen) atoms. The summed E-state index contributed by atoms with van der Waals surface area (Å²) < 4.78 is 5.48. The molecule has 1 aliphatic rings. The molecular formula is C12H16N2OS. The van der Waals surface area contributed by atoms with E-state index < -0.39 is 0 Å². The quantitative estimate of drug-likeness (QED) is 0.853. The second-order valence-electron chi connectivity index (χ2n) is 4.11. The molecule has 0 unspecified atom stereocenters. The molecule has 0 aromatic carbocycles. The van der Waals surface area contributed by atoms with E-state index in [9.17, 15) is 5.26 Å². The fourth-order valence-corrected chi connectivity index (χ4v) is 2.66. The van der Waals surface area contributed by atoms with Crippen LogP contribution in [0.5, 0.6) is 0 Å². The molecule has 0 aliphatic heterocycles. The topological polar surface area (TPSA) is 45.0 Å². The molecule has 4 heteroatoms. The summed E-state index contributed by atoms with van der Waals surface area (Å²) >= 11 is 1.72. The van der Waals surface area contributed by atoms with Gasteiger partial charge in [0.15, 0.2) is 0 Å². The lowest BCUT2D eigenvalue weighted by Gasteiger charge is -2.42. The Hall–Kier alpha value is -0.890. The van der Waals surface area contributed by atoms with Crippen molar-refractivity contribution in [3.8, 4) is 6.07 Å². The molecule has 0 radical (unpaired) electrons. The van der Waals surface area contributed by atoms with E-state index in [0.29, 0.717) is 0 Å². The summed E-state index contributed by atoms with van der Waals surface area (Å²) in [7, 11) is 0. The molecule has 3 nitrogen and oxygen atoms in total. The van der Waals surface area contributed by atoms with Crippen LogP contribution in [0.4, 0.5) is 0 Å². The highest BCUT2D eigenvalue weighted by atomic mass is 32.1. The maximum Gasteiger partial charge on any atom is 0.112 e. The van der Waals surface area contributed by atoms with E-state index >= 15 is 0 Å². The number of rotatable bonds is 5. The number of nitrogens with zero attached hydrogens (tertiary/aromatic N) is 1. The molecule has 0 atom stereocenters. The van der Waals surface area contributed by atoms with Crippen molar-refractivity contribution >= 4 is 11.3 Å². The molecule has 86 valence electrons. The molecule has 0 amide bonds. The third kappa shape index (κ3) is 2.43. The zero-order chi connectivity index (χ0) is 11.4. The minimum absolute atomic E-state index is 0.264. The third-order valence-electron chi connectivity index (χ3n) is 2.95. The van der Waals surface area contributed by atoms with Crippen LogP contribution in [0.1, 0.15) is 24.6 Å². The first-order chi connectivity index (χ1) is 7.78. The van der Waals surface area contributed by atoms with E-state index in [4.69, 9.17) is 4.74 Å². The number of thiophene rings is 1. The van der Waals surface area contributed by atoms with Gasteiger partial charge in [0, 0.05) is 30.9 Å². The molecule has 0 spiro atoms. The van der Waals surface area contributed by atoms with E-state index in [1.54, 1.807) is 11.3 Å². The Morgan fingerprint density at radius 3 is 3.06 bits per heavy atom. The molecule has 1 N–H and O–H groups in total. The largest absolute Gasteiger partial charge is 0.378 e. The Balaban J connectivity index is 1.82. The van der Waals surface area contributed by atoms with Crippen LogP contribution in [0.2, 0.25) is 0 Å². The minimum atomic E-state index is -0.357. The van der Waals surface area contributed by atoms with E-state index in [0.717, 1.165) is 26.0 Å². The highest BCUT2D eigenvalue weighted by Gasteiger charge is 2.44. The molecule has 1 heterocycles. The molecule has 1 saturated carbocycles. The molecule has 2 rings (SSSR count). The molecule has 1 aromatic heterocycles. The Morgan fingerprint density at radius 1 is 1.69 bits per heavy atom. The van der Waals surface area contributed by atoms with Gasteiger partial charge in [-0.1, -0.05) is 6.07 Å². The van der Waals surface area contributed by atoms with Crippen LogP contribution in [-0.2, 0) is 11.3 Å². The van der Waals surface area contributed by atoms with Crippen molar-refractivity contribution in [2.45, 2.75) is 38.0 Å². The number of hydrogen-bond donors (Lipinski definition) is 1. The second kappa shape index (κ2) is 4.96. The number of nitriles is 1. The van der Waals surface area contributed by atoms with Gasteiger partial charge in [0.1, 0.15) is 5.54 Å². The average molecular weight is 236 g/mol. The zero-order valence-corrected chi connectivity index (χ0v) is 10.2. The van der Waals surface area contributed by atoms with Crippen LogP contribution in [-0.4, -0.2) is 18.2 Å². The normalized spacial score (nSPS) is 28.4. The van der Waals surface area contributed by atoms with Crippen LogP contribution in [0.25, 0.3) is 0 Å². The van der Waals surface area contributed by atoms with Crippen molar-refractivity contribution in [2.24, 2.45) is 0 Å². The third-order valence-corrected chi connectivity index (χ3v) is 3.83. The van der Waals surface area contributed by atoms with Gasteiger partial charge in [-0.25, -0.2) is 0 Å². The van der Waals surface area contributed by atoms with Crippen molar-refractivity contribution in [3.05, 3.63) is 22.4 Å². The second-order valence-corrected chi connectivity index (χ2v) is 5.14. The van der Waals surface area contributed by atoms with Gasteiger partial charge in [0.2, 0.25) is 0 Å². The SMILES string of the molecule is CCOC1CC(C#N)(NCc2cccs2)C1. The standard InChI is InChI=1S/C12H16N2OS/c1-2-15-10-6-12(7-10,9-13)14-8-11-4-3-5-16-11/h3-5,10,14H,2,6-8H2,1H3. The summed E-state index contributed by atoms with van der Waals surface area (Å²) in [5.41, 5.74) is -0.357. The van der Waals surface area contributed by atoms with Crippen molar-refractivity contribution in [2.75, 3.05) is 6.61 Å². The fourth-order valence-electron chi connectivity index (χ4n) is 2.02. The Morgan fingerprint density at radius 2 is 2.50 bits per heavy atom. The van der Waals surface area contributed by atoms with Gasteiger partial charge in [-0.15, -0.1) is 11.3 Å². The number of nitrogens with one attached hydrogen (secondary N) is 1. The van der Waals surface area contributed by atoms with E-state index in [-0.39, 0.29) is 11.6 Å². The van der Waals surface area contributed by atoms with Crippen LogP contribution in [0.15, 0.2) is 17.5 Å². The summed E-state index contributed by atoms with van der Waals surface area (Å²) in [6, 6.07) is 6.50. The van der Waals surface area contributed by atoms with Gasteiger partial charge in [-0.2, -0.15) is 5.26 Å². The predicted molar refractivity (Wildman–Crippen MR) is 64.2 cm³/mol. The highest BCUT2D eigenvalue weighted by molar-refractivity contribution is 7.09. The maximum atomic E-state index is 9.19. The molecular weight excluding hydrogens is 220 g/mol. The first-order valence-corrected chi connectivity index (χ1v) is 6.46. The van der Waals surface area contributed by atoms with Crippen molar-refractivity contribution in [3.63, 3.8) is 0 Å². The van der Waals surface area contributed by atoms with E-state index in [1.807, 2.05) is 13.0 Å². The lowest BCUT2D eigenvalue weighted by Crippen LogP contribution is -2.57. The van der Waals surface area contributed by atoms with Crippen molar-refractivity contribution in [1.82, 2.24) is 5.32 Å². The summed E-state index contributed by atoms with van der Waals surface area (Å²) in [5, 5.41) is 14.6. The van der Waals surface area contributed by atoms with Crippen LogP contribution < -0.4 is 5.32 Å². The predicted octanol–water partition coefficient (Wildman–Crippen LogP) is 2.30. The Bertz CT molecular complexity index is 363. The van der Waals surface area contributed by atoms with Crippen LogP contribution in [0, 0.1) is 11.3 Å². The maximum absolute atomic E-state index is 9.19. The van der Waals surface area contributed by atoms with Gasteiger partial charge in [0.05, 0.1) is 12.2 Å². The summed E-state index contributed by atoms with van der Waals surface area (Å²) in [6.45, 7) is 3.51. The molecule has 1 aromatic rings. The monoisotopic (exact) mass is 236 g/mol. The molecule has 0 saturated heterocycles. The van der Waals surface area contributed by atoms with Crippen LogP contribution >= 0.6 is 11.3 Å². The first-order valence-electron chi connectivity index (χ1n) is 5.58. The lowest BCUT2D eigenvalue weighted by molar-refractivity contribution is -0.0318. The van der Waals surface area contributed by atoms with Gasteiger partial charge < -0.3 is 4.74 Å². The summed E-state index contributed by atoms with van der Waals surface area (Å²) in [6.07, 6.45) is 1.88. The first kappa shape index (κ1) is 11.6.